The fraction of sp³-hybridized carbons (Fsp3) is 0.600. The average Bonchev–Trinajstić information content (AvgIpc) is 3.14. The van der Waals surface area contributed by atoms with E-state index in [0.29, 0.717) is 0 Å². The highest BCUT2D eigenvalue weighted by atomic mass is 16.5. The molecule has 2 nitrogen and oxygen atoms in total. The van der Waals surface area contributed by atoms with Crippen LogP contribution in [-0.2, 0) is 11.2 Å². The molecule has 94 valence electrons. The third-order valence-corrected chi connectivity index (χ3v) is 3.63. The normalized spacial score (nSPS) is 22.7. The van der Waals surface area contributed by atoms with Gasteiger partial charge in [-0.05, 0) is 42.3 Å². The smallest absolute Gasteiger partial charge is 0.0587 e. The van der Waals surface area contributed by atoms with E-state index in [9.17, 15) is 0 Å². The van der Waals surface area contributed by atoms with E-state index in [-0.39, 0.29) is 0 Å². The van der Waals surface area contributed by atoms with Crippen molar-refractivity contribution >= 4 is 0 Å². The third-order valence-electron chi connectivity index (χ3n) is 3.63. The van der Waals surface area contributed by atoms with Gasteiger partial charge in [-0.25, -0.2) is 0 Å². The molecule has 2 atom stereocenters. The Kier molecular flexibility index (Phi) is 4.57. The maximum atomic E-state index is 5.02. The van der Waals surface area contributed by atoms with Gasteiger partial charge in [-0.3, -0.25) is 0 Å². The summed E-state index contributed by atoms with van der Waals surface area (Å²) in [6.07, 6.45) is 2.47. The minimum Gasteiger partial charge on any atom is -0.383 e. The topological polar surface area (TPSA) is 21.3 Å². The van der Waals surface area contributed by atoms with Gasteiger partial charge in [-0.2, -0.15) is 0 Å². The second-order valence-electron chi connectivity index (χ2n) is 4.89. The maximum absolute atomic E-state index is 5.02. The average molecular weight is 233 g/mol. The highest BCUT2D eigenvalue weighted by Crippen LogP contribution is 2.46. The number of methoxy groups -OCH3 is 1. The van der Waals surface area contributed by atoms with Crippen LogP contribution in [0, 0.1) is 5.92 Å². The minimum atomic E-state index is 0.788. The van der Waals surface area contributed by atoms with Crippen molar-refractivity contribution in [3.05, 3.63) is 35.4 Å². The molecule has 0 bridgehead atoms. The van der Waals surface area contributed by atoms with Gasteiger partial charge in [0.2, 0.25) is 0 Å². The molecule has 0 radical (unpaired) electrons. The lowest BCUT2D eigenvalue weighted by molar-refractivity contribution is 0.199. The van der Waals surface area contributed by atoms with Crippen molar-refractivity contribution in [3.8, 4) is 0 Å². The fourth-order valence-corrected chi connectivity index (χ4v) is 2.34. The van der Waals surface area contributed by atoms with E-state index in [1.165, 1.54) is 17.5 Å². The molecule has 2 unspecified atom stereocenters. The van der Waals surface area contributed by atoms with Crippen molar-refractivity contribution in [2.75, 3.05) is 26.8 Å². The number of benzene rings is 1. The molecule has 1 fully saturated rings. The van der Waals surface area contributed by atoms with Gasteiger partial charge in [-0.15, -0.1) is 0 Å². The van der Waals surface area contributed by atoms with Gasteiger partial charge in [0.25, 0.3) is 0 Å². The van der Waals surface area contributed by atoms with Crippen molar-refractivity contribution in [3.63, 3.8) is 0 Å². The lowest BCUT2D eigenvalue weighted by Crippen LogP contribution is -2.21. The number of hydrogen-bond acceptors (Lipinski definition) is 2. The molecule has 1 aromatic carbocycles. The predicted octanol–water partition coefficient (Wildman–Crippen LogP) is 2.59. The molecule has 0 amide bonds. The van der Waals surface area contributed by atoms with Crippen LogP contribution in [-0.4, -0.2) is 26.8 Å². The number of rotatable bonds is 7. The van der Waals surface area contributed by atoms with Gasteiger partial charge in [0.05, 0.1) is 6.61 Å². The van der Waals surface area contributed by atoms with Gasteiger partial charge < -0.3 is 10.1 Å². The van der Waals surface area contributed by atoms with Crippen LogP contribution >= 0.6 is 0 Å². The van der Waals surface area contributed by atoms with Crippen LogP contribution in [0.5, 0.6) is 0 Å². The van der Waals surface area contributed by atoms with Crippen molar-refractivity contribution in [1.82, 2.24) is 5.32 Å². The molecule has 2 rings (SSSR count). The van der Waals surface area contributed by atoms with Crippen LogP contribution in [0.25, 0.3) is 0 Å². The Balaban J connectivity index is 1.73. The molecule has 1 saturated carbocycles. The number of ether oxygens (including phenoxy) is 1. The van der Waals surface area contributed by atoms with Gasteiger partial charge in [-0.1, -0.05) is 31.2 Å². The van der Waals surface area contributed by atoms with Crippen molar-refractivity contribution in [1.29, 1.82) is 0 Å². The summed E-state index contributed by atoms with van der Waals surface area (Å²) >= 11 is 0. The van der Waals surface area contributed by atoms with Crippen LogP contribution in [0.3, 0.4) is 0 Å². The van der Waals surface area contributed by atoms with Gasteiger partial charge >= 0.3 is 0 Å². The monoisotopic (exact) mass is 233 g/mol. The molecular weight excluding hydrogens is 210 g/mol. The number of hydrogen-bond donors (Lipinski definition) is 1. The summed E-state index contributed by atoms with van der Waals surface area (Å²) in [5.74, 6) is 1.62. The van der Waals surface area contributed by atoms with Crippen LogP contribution in [0.1, 0.15) is 30.4 Å². The molecule has 17 heavy (non-hydrogen) atoms. The van der Waals surface area contributed by atoms with Crippen LogP contribution < -0.4 is 5.32 Å². The second kappa shape index (κ2) is 6.18. The number of nitrogens with one attached hydrogen (secondary N) is 1. The Labute approximate surface area is 104 Å². The summed E-state index contributed by atoms with van der Waals surface area (Å²) in [5, 5.41) is 3.45. The van der Waals surface area contributed by atoms with Crippen LogP contribution in [0.4, 0.5) is 0 Å². The molecule has 0 saturated heterocycles. The second-order valence-corrected chi connectivity index (χ2v) is 4.89. The zero-order chi connectivity index (χ0) is 12.1. The van der Waals surface area contributed by atoms with Crippen LogP contribution in [0.15, 0.2) is 24.3 Å². The zero-order valence-electron chi connectivity index (χ0n) is 10.9. The molecule has 0 spiro atoms. The van der Waals surface area contributed by atoms with E-state index in [1.54, 1.807) is 7.11 Å². The van der Waals surface area contributed by atoms with Crippen molar-refractivity contribution in [2.24, 2.45) is 5.92 Å². The highest BCUT2D eigenvalue weighted by Gasteiger charge is 2.37. The van der Waals surface area contributed by atoms with E-state index < -0.39 is 0 Å². The Hall–Kier alpha value is -0.860. The quantitative estimate of drug-likeness (QED) is 0.731. The van der Waals surface area contributed by atoms with E-state index in [1.807, 2.05) is 0 Å². The van der Waals surface area contributed by atoms with E-state index in [2.05, 4.69) is 36.5 Å². The van der Waals surface area contributed by atoms with E-state index in [0.717, 1.165) is 38.0 Å². The first-order valence-electron chi connectivity index (χ1n) is 6.63. The molecule has 1 N–H and O–H groups in total. The van der Waals surface area contributed by atoms with Gasteiger partial charge in [0, 0.05) is 13.7 Å². The summed E-state index contributed by atoms with van der Waals surface area (Å²) in [7, 11) is 1.75. The van der Waals surface area contributed by atoms with Crippen LogP contribution in [0.2, 0.25) is 0 Å². The largest absolute Gasteiger partial charge is 0.383 e. The Morgan fingerprint density at radius 3 is 2.71 bits per heavy atom. The zero-order valence-corrected chi connectivity index (χ0v) is 10.9. The maximum Gasteiger partial charge on any atom is 0.0587 e. The molecular formula is C15H23NO. The Morgan fingerprint density at radius 1 is 1.29 bits per heavy atom. The SMILES string of the molecule is CCc1ccc(C2CC2CNCCOC)cc1. The van der Waals surface area contributed by atoms with Crippen molar-refractivity contribution in [2.45, 2.75) is 25.7 Å². The first-order valence-corrected chi connectivity index (χ1v) is 6.63. The van der Waals surface area contributed by atoms with Gasteiger partial charge in [0.15, 0.2) is 0 Å². The Morgan fingerprint density at radius 2 is 2.06 bits per heavy atom. The molecule has 1 aliphatic carbocycles. The molecule has 2 heteroatoms. The summed E-state index contributed by atoms with van der Waals surface area (Å²) in [6.45, 7) is 5.11. The lowest BCUT2D eigenvalue weighted by Gasteiger charge is -2.04. The molecule has 0 aromatic heterocycles. The molecule has 1 aliphatic rings. The number of aryl methyl sites for hydroxylation is 1. The predicted molar refractivity (Wildman–Crippen MR) is 71.4 cm³/mol. The summed E-state index contributed by atoms with van der Waals surface area (Å²) in [5.41, 5.74) is 2.95. The fourth-order valence-electron chi connectivity index (χ4n) is 2.34. The molecule has 1 aromatic rings. The first-order chi connectivity index (χ1) is 8.35. The Bertz CT molecular complexity index is 333. The highest BCUT2D eigenvalue weighted by molar-refractivity contribution is 5.29. The first kappa shape index (κ1) is 12.6. The van der Waals surface area contributed by atoms with Gasteiger partial charge in [0.1, 0.15) is 0 Å². The summed E-state index contributed by atoms with van der Waals surface area (Å²) in [4.78, 5) is 0. The summed E-state index contributed by atoms with van der Waals surface area (Å²) < 4.78 is 5.02. The van der Waals surface area contributed by atoms with E-state index in [4.69, 9.17) is 4.74 Å². The standard InChI is InChI=1S/C15H23NO/c1-3-12-4-6-13(7-5-12)15-10-14(15)11-16-8-9-17-2/h4-7,14-16H,3,8-11H2,1-2H3. The summed E-state index contributed by atoms with van der Waals surface area (Å²) in [6, 6.07) is 9.14. The minimum absolute atomic E-state index is 0.788. The molecule has 0 heterocycles. The van der Waals surface area contributed by atoms with E-state index >= 15 is 0 Å². The lowest BCUT2D eigenvalue weighted by atomic mass is 10.1. The van der Waals surface area contributed by atoms with Crippen molar-refractivity contribution < 1.29 is 4.74 Å². The third kappa shape index (κ3) is 3.55. The molecule has 0 aliphatic heterocycles.